The van der Waals surface area contributed by atoms with Crippen molar-refractivity contribution in [3.63, 3.8) is 0 Å². The van der Waals surface area contributed by atoms with Crippen LogP contribution in [0.4, 0.5) is 0 Å². The molecule has 19 heavy (non-hydrogen) atoms. The molecule has 0 fully saturated rings. The maximum atomic E-state index is 4.22. The van der Waals surface area contributed by atoms with Gasteiger partial charge in [0.25, 0.3) is 0 Å². The number of aromatic nitrogens is 2. The Bertz CT molecular complexity index is 502. The van der Waals surface area contributed by atoms with E-state index in [1.807, 2.05) is 24.8 Å². The lowest BCUT2D eigenvalue weighted by molar-refractivity contribution is 0.520. The van der Waals surface area contributed by atoms with E-state index in [1.165, 1.54) is 11.1 Å². The fraction of sp³-hybridized carbons (Fsp3) is 0.333. The quantitative estimate of drug-likeness (QED) is 0.889. The first-order valence-electron chi connectivity index (χ1n) is 6.49. The molecule has 0 spiro atoms. The molecular weight excluding hydrogens is 302 g/mol. The number of pyridine rings is 2. The Labute approximate surface area is 122 Å². The molecule has 0 amide bonds. The minimum absolute atomic E-state index is 0.420. The summed E-state index contributed by atoms with van der Waals surface area (Å²) >= 11 is 3.47. The van der Waals surface area contributed by atoms with Crippen LogP contribution >= 0.6 is 15.9 Å². The van der Waals surface area contributed by atoms with Gasteiger partial charge in [0.15, 0.2) is 0 Å². The lowest BCUT2D eigenvalue weighted by atomic mass is 10.0. The second-order valence-electron chi connectivity index (χ2n) is 4.53. The Hall–Kier alpha value is -1.26. The number of hydrogen-bond acceptors (Lipinski definition) is 3. The number of halogens is 1. The molecule has 2 rings (SSSR count). The Morgan fingerprint density at radius 3 is 2.53 bits per heavy atom. The van der Waals surface area contributed by atoms with Gasteiger partial charge in [0, 0.05) is 35.3 Å². The highest BCUT2D eigenvalue weighted by atomic mass is 79.9. The molecule has 0 radical (unpaired) electrons. The molecule has 2 aromatic rings. The van der Waals surface area contributed by atoms with E-state index in [0.717, 1.165) is 23.9 Å². The Morgan fingerprint density at radius 1 is 1.11 bits per heavy atom. The number of likely N-dealkylation sites (N-methyl/N-ethyl adjacent to an activating group) is 1. The molecule has 0 aliphatic rings. The van der Waals surface area contributed by atoms with Crippen LogP contribution in [0.2, 0.25) is 0 Å². The molecule has 3 nitrogen and oxygen atoms in total. The minimum atomic E-state index is 0.420. The number of nitrogens with one attached hydrogen (secondary N) is 1. The molecule has 1 N–H and O–H groups in total. The van der Waals surface area contributed by atoms with Crippen molar-refractivity contribution in [3.05, 3.63) is 58.6 Å². The molecule has 2 aromatic heterocycles. The first-order valence-corrected chi connectivity index (χ1v) is 7.29. The molecule has 1 atom stereocenters. The van der Waals surface area contributed by atoms with Crippen LogP contribution in [-0.4, -0.2) is 22.6 Å². The van der Waals surface area contributed by atoms with E-state index in [9.17, 15) is 0 Å². The normalized spacial score (nSPS) is 12.3. The zero-order valence-electron chi connectivity index (χ0n) is 11.0. The Morgan fingerprint density at radius 2 is 1.84 bits per heavy atom. The molecule has 0 bridgehead atoms. The number of rotatable bonds is 6. The molecule has 1 unspecified atom stereocenters. The Balaban J connectivity index is 2.04. The van der Waals surface area contributed by atoms with Crippen LogP contribution in [0.5, 0.6) is 0 Å². The summed E-state index contributed by atoms with van der Waals surface area (Å²) in [6.07, 6.45) is 9.42. The summed E-state index contributed by atoms with van der Waals surface area (Å²) in [6, 6.07) is 6.69. The third-order valence-electron chi connectivity index (χ3n) is 2.97. The van der Waals surface area contributed by atoms with E-state index in [2.05, 4.69) is 56.3 Å². The second kappa shape index (κ2) is 7.36. The fourth-order valence-corrected chi connectivity index (χ4v) is 2.57. The first kappa shape index (κ1) is 14.2. The summed E-state index contributed by atoms with van der Waals surface area (Å²) in [5.74, 6) is 0. The molecule has 2 heterocycles. The van der Waals surface area contributed by atoms with Crippen LogP contribution in [-0.2, 0) is 12.8 Å². The van der Waals surface area contributed by atoms with E-state index in [-0.39, 0.29) is 0 Å². The van der Waals surface area contributed by atoms with Gasteiger partial charge in [-0.15, -0.1) is 0 Å². The highest BCUT2D eigenvalue weighted by Crippen LogP contribution is 2.13. The molecule has 4 heteroatoms. The van der Waals surface area contributed by atoms with Crippen molar-refractivity contribution in [1.82, 2.24) is 15.3 Å². The van der Waals surface area contributed by atoms with Gasteiger partial charge in [0.2, 0.25) is 0 Å². The summed E-state index contributed by atoms with van der Waals surface area (Å²) < 4.78 is 1.03. The minimum Gasteiger partial charge on any atom is -0.314 e. The lowest BCUT2D eigenvalue weighted by Gasteiger charge is -2.18. The molecule has 0 aromatic carbocycles. The van der Waals surface area contributed by atoms with Gasteiger partial charge >= 0.3 is 0 Å². The van der Waals surface area contributed by atoms with Crippen molar-refractivity contribution >= 4 is 15.9 Å². The van der Waals surface area contributed by atoms with E-state index < -0.39 is 0 Å². The first-order chi connectivity index (χ1) is 9.28. The van der Waals surface area contributed by atoms with E-state index in [0.29, 0.717) is 6.04 Å². The smallest absolute Gasteiger partial charge is 0.0410 e. The predicted octanol–water partition coefficient (Wildman–Crippen LogP) is 3.00. The van der Waals surface area contributed by atoms with Crippen LogP contribution in [0.25, 0.3) is 0 Å². The van der Waals surface area contributed by atoms with Crippen molar-refractivity contribution < 1.29 is 0 Å². The number of nitrogens with zero attached hydrogens (tertiary/aromatic N) is 2. The molecule has 0 aliphatic carbocycles. The molecular formula is C15H18BrN3. The third kappa shape index (κ3) is 4.73. The summed E-state index contributed by atoms with van der Waals surface area (Å²) in [4.78, 5) is 8.28. The van der Waals surface area contributed by atoms with Gasteiger partial charge in [0.05, 0.1) is 0 Å². The average Bonchev–Trinajstić information content (AvgIpc) is 2.40. The van der Waals surface area contributed by atoms with Crippen molar-refractivity contribution in [1.29, 1.82) is 0 Å². The molecule has 0 saturated carbocycles. The monoisotopic (exact) mass is 319 g/mol. The summed E-state index contributed by atoms with van der Waals surface area (Å²) in [5.41, 5.74) is 2.55. The third-order valence-corrected chi connectivity index (χ3v) is 3.40. The fourth-order valence-electron chi connectivity index (χ4n) is 2.16. The van der Waals surface area contributed by atoms with Crippen molar-refractivity contribution in [2.45, 2.75) is 25.8 Å². The second-order valence-corrected chi connectivity index (χ2v) is 5.45. The summed E-state index contributed by atoms with van der Waals surface area (Å²) in [5, 5.41) is 3.54. The maximum Gasteiger partial charge on any atom is 0.0410 e. The average molecular weight is 320 g/mol. The van der Waals surface area contributed by atoms with E-state index in [4.69, 9.17) is 0 Å². The highest BCUT2D eigenvalue weighted by Gasteiger charge is 2.10. The van der Waals surface area contributed by atoms with Crippen LogP contribution in [0, 0.1) is 0 Å². The van der Waals surface area contributed by atoms with Crippen LogP contribution in [0.3, 0.4) is 0 Å². The zero-order valence-corrected chi connectivity index (χ0v) is 12.6. The van der Waals surface area contributed by atoms with Gasteiger partial charge in [0.1, 0.15) is 0 Å². The van der Waals surface area contributed by atoms with Gasteiger partial charge in [-0.2, -0.15) is 0 Å². The van der Waals surface area contributed by atoms with Gasteiger partial charge in [-0.1, -0.05) is 6.92 Å². The maximum absolute atomic E-state index is 4.22. The van der Waals surface area contributed by atoms with Gasteiger partial charge < -0.3 is 5.32 Å². The van der Waals surface area contributed by atoms with Crippen LogP contribution in [0.1, 0.15) is 18.1 Å². The molecule has 100 valence electrons. The SMILES string of the molecule is CCNC(Cc1ccncc1)Cc1cncc(Br)c1. The van der Waals surface area contributed by atoms with Gasteiger partial charge in [-0.25, -0.2) is 0 Å². The van der Waals surface area contributed by atoms with Crippen molar-refractivity contribution in [3.8, 4) is 0 Å². The van der Waals surface area contributed by atoms with Crippen LogP contribution < -0.4 is 5.32 Å². The lowest BCUT2D eigenvalue weighted by Crippen LogP contribution is -2.33. The standard InChI is InChI=1S/C15H18BrN3/c1-2-19-15(8-12-3-5-17-6-4-12)9-13-7-14(16)11-18-10-13/h3-7,10-11,15,19H,2,8-9H2,1H3. The Kier molecular flexibility index (Phi) is 5.48. The predicted molar refractivity (Wildman–Crippen MR) is 81.0 cm³/mol. The van der Waals surface area contributed by atoms with E-state index >= 15 is 0 Å². The van der Waals surface area contributed by atoms with Crippen LogP contribution in [0.15, 0.2) is 47.5 Å². The highest BCUT2D eigenvalue weighted by molar-refractivity contribution is 9.10. The van der Waals surface area contributed by atoms with Crippen molar-refractivity contribution in [2.75, 3.05) is 6.54 Å². The summed E-state index contributed by atoms with van der Waals surface area (Å²) in [6.45, 7) is 3.11. The number of hydrogen-bond donors (Lipinski definition) is 1. The largest absolute Gasteiger partial charge is 0.314 e. The van der Waals surface area contributed by atoms with Gasteiger partial charge in [-0.3, -0.25) is 9.97 Å². The zero-order chi connectivity index (χ0) is 13.5. The molecule has 0 saturated heterocycles. The summed E-state index contributed by atoms with van der Waals surface area (Å²) in [7, 11) is 0. The van der Waals surface area contributed by atoms with E-state index in [1.54, 1.807) is 0 Å². The van der Waals surface area contributed by atoms with Gasteiger partial charge in [-0.05, 0) is 64.6 Å². The topological polar surface area (TPSA) is 37.8 Å². The van der Waals surface area contributed by atoms with Crippen molar-refractivity contribution in [2.24, 2.45) is 0 Å². The molecule has 0 aliphatic heterocycles.